The van der Waals surface area contributed by atoms with Crippen molar-refractivity contribution >= 4 is 5.69 Å². The fourth-order valence-electron chi connectivity index (χ4n) is 2.88. The number of unbranched alkanes of at least 4 members (excludes halogenated alkanes) is 1. The SMILES string of the molecule is CCCCc1ccc2c(c1)CC(c1ccc(F)c(F)c1)N2. The number of anilines is 1. The molecule has 2 aromatic carbocycles. The molecule has 1 N–H and O–H groups in total. The van der Waals surface area contributed by atoms with Gasteiger partial charge in [0.05, 0.1) is 6.04 Å². The number of hydrogen-bond donors (Lipinski definition) is 1. The van der Waals surface area contributed by atoms with Gasteiger partial charge < -0.3 is 5.32 Å². The molecule has 0 radical (unpaired) electrons. The fraction of sp³-hybridized carbons (Fsp3) is 0.333. The van der Waals surface area contributed by atoms with Crippen molar-refractivity contribution in [3.63, 3.8) is 0 Å². The van der Waals surface area contributed by atoms with E-state index in [1.165, 1.54) is 36.1 Å². The largest absolute Gasteiger partial charge is 0.378 e. The van der Waals surface area contributed by atoms with Gasteiger partial charge in [-0.1, -0.05) is 31.5 Å². The van der Waals surface area contributed by atoms with Crippen LogP contribution in [0.1, 0.15) is 42.5 Å². The summed E-state index contributed by atoms with van der Waals surface area (Å²) in [5, 5.41) is 3.39. The smallest absolute Gasteiger partial charge is 0.159 e. The molecule has 0 bridgehead atoms. The van der Waals surface area contributed by atoms with Crippen molar-refractivity contribution in [2.45, 2.75) is 38.6 Å². The molecular formula is C18H19F2N. The van der Waals surface area contributed by atoms with E-state index in [2.05, 4.69) is 30.4 Å². The number of halogens is 2. The first-order valence-electron chi connectivity index (χ1n) is 7.50. The van der Waals surface area contributed by atoms with Gasteiger partial charge in [-0.15, -0.1) is 0 Å². The summed E-state index contributed by atoms with van der Waals surface area (Å²) >= 11 is 0. The van der Waals surface area contributed by atoms with Crippen molar-refractivity contribution in [1.82, 2.24) is 0 Å². The van der Waals surface area contributed by atoms with Crippen molar-refractivity contribution in [3.05, 3.63) is 64.7 Å². The lowest BCUT2D eigenvalue weighted by atomic mass is 10.00. The van der Waals surface area contributed by atoms with Gasteiger partial charge in [0.15, 0.2) is 11.6 Å². The Morgan fingerprint density at radius 2 is 1.95 bits per heavy atom. The molecule has 110 valence electrons. The van der Waals surface area contributed by atoms with E-state index in [-0.39, 0.29) is 6.04 Å². The molecule has 21 heavy (non-hydrogen) atoms. The van der Waals surface area contributed by atoms with Crippen LogP contribution in [0.25, 0.3) is 0 Å². The van der Waals surface area contributed by atoms with E-state index in [1.54, 1.807) is 6.07 Å². The first kappa shape index (κ1) is 14.1. The molecule has 0 spiro atoms. The maximum absolute atomic E-state index is 13.4. The van der Waals surface area contributed by atoms with Gasteiger partial charge in [0, 0.05) is 5.69 Å². The van der Waals surface area contributed by atoms with Crippen molar-refractivity contribution in [2.75, 3.05) is 5.32 Å². The van der Waals surface area contributed by atoms with Crippen LogP contribution in [-0.2, 0) is 12.8 Å². The first-order valence-corrected chi connectivity index (χ1v) is 7.50. The second kappa shape index (κ2) is 5.84. The number of fused-ring (bicyclic) bond motifs is 1. The molecule has 1 heterocycles. The van der Waals surface area contributed by atoms with E-state index in [9.17, 15) is 8.78 Å². The third-order valence-corrected chi connectivity index (χ3v) is 4.09. The Morgan fingerprint density at radius 1 is 1.10 bits per heavy atom. The van der Waals surface area contributed by atoms with E-state index < -0.39 is 11.6 Å². The molecule has 1 unspecified atom stereocenters. The van der Waals surface area contributed by atoms with Crippen molar-refractivity contribution in [1.29, 1.82) is 0 Å². The predicted molar refractivity (Wildman–Crippen MR) is 81.5 cm³/mol. The second-order valence-corrected chi connectivity index (χ2v) is 5.67. The van der Waals surface area contributed by atoms with Gasteiger partial charge in [-0.25, -0.2) is 8.78 Å². The quantitative estimate of drug-likeness (QED) is 0.833. The molecule has 0 aromatic heterocycles. The van der Waals surface area contributed by atoms with Gasteiger partial charge >= 0.3 is 0 Å². The third-order valence-electron chi connectivity index (χ3n) is 4.09. The predicted octanol–water partition coefficient (Wildman–Crippen LogP) is 5.02. The second-order valence-electron chi connectivity index (χ2n) is 5.67. The molecule has 1 atom stereocenters. The Morgan fingerprint density at radius 3 is 2.71 bits per heavy atom. The minimum absolute atomic E-state index is 0.0246. The number of rotatable bonds is 4. The summed E-state index contributed by atoms with van der Waals surface area (Å²) in [5.74, 6) is -1.58. The van der Waals surface area contributed by atoms with Crippen LogP contribution in [-0.4, -0.2) is 0 Å². The highest BCUT2D eigenvalue weighted by molar-refractivity contribution is 5.59. The highest BCUT2D eigenvalue weighted by Crippen LogP contribution is 2.35. The van der Waals surface area contributed by atoms with Crippen molar-refractivity contribution in [2.24, 2.45) is 0 Å². The fourth-order valence-corrected chi connectivity index (χ4v) is 2.88. The van der Waals surface area contributed by atoms with E-state index in [0.717, 1.165) is 24.1 Å². The molecule has 1 aliphatic rings. The van der Waals surface area contributed by atoms with Gasteiger partial charge in [-0.05, 0) is 54.2 Å². The summed E-state index contributed by atoms with van der Waals surface area (Å²) in [4.78, 5) is 0. The lowest BCUT2D eigenvalue weighted by Gasteiger charge is -2.11. The summed E-state index contributed by atoms with van der Waals surface area (Å²) in [6.07, 6.45) is 4.30. The monoisotopic (exact) mass is 287 g/mol. The van der Waals surface area contributed by atoms with Crippen molar-refractivity contribution < 1.29 is 8.78 Å². The van der Waals surface area contributed by atoms with Gasteiger partial charge in [0.25, 0.3) is 0 Å². The molecule has 1 nitrogen and oxygen atoms in total. The summed E-state index contributed by atoms with van der Waals surface area (Å²) < 4.78 is 26.4. The van der Waals surface area contributed by atoms with Crippen LogP contribution in [0.3, 0.4) is 0 Å². The van der Waals surface area contributed by atoms with Crippen LogP contribution < -0.4 is 5.32 Å². The molecule has 1 aliphatic heterocycles. The number of aryl methyl sites for hydroxylation is 1. The zero-order valence-corrected chi connectivity index (χ0v) is 12.1. The van der Waals surface area contributed by atoms with Crippen LogP contribution >= 0.6 is 0 Å². The zero-order valence-electron chi connectivity index (χ0n) is 12.1. The summed E-state index contributed by atoms with van der Waals surface area (Å²) in [6, 6.07) is 10.6. The maximum Gasteiger partial charge on any atom is 0.159 e. The summed E-state index contributed by atoms with van der Waals surface area (Å²) in [5.41, 5.74) is 4.51. The Hall–Kier alpha value is -1.90. The average molecular weight is 287 g/mol. The topological polar surface area (TPSA) is 12.0 Å². The third kappa shape index (κ3) is 2.92. The summed E-state index contributed by atoms with van der Waals surface area (Å²) in [7, 11) is 0. The van der Waals surface area contributed by atoms with Crippen molar-refractivity contribution in [3.8, 4) is 0 Å². The Labute approximate surface area is 124 Å². The molecule has 0 saturated carbocycles. The molecule has 0 fully saturated rings. The molecule has 3 heteroatoms. The molecule has 0 amide bonds. The Kier molecular flexibility index (Phi) is 3.91. The number of hydrogen-bond acceptors (Lipinski definition) is 1. The first-order chi connectivity index (χ1) is 10.2. The Balaban J connectivity index is 1.78. The molecular weight excluding hydrogens is 268 g/mol. The lowest BCUT2D eigenvalue weighted by molar-refractivity contribution is 0.506. The average Bonchev–Trinajstić information content (AvgIpc) is 2.91. The van der Waals surface area contributed by atoms with Crippen LogP contribution in [0.4, 0.5) is 14.5 Å². The maximum atomic E-state index is 13.4. The number of nitrogens with one attached hydrogen (secondary N) is 1. The van der Waals surface area contributed by atoms with Gasteiger partial charge in [0.1, 0.15) is 0 Å². The normalized spacial score (nSPS) is 16.6. The molecule has 0 saturated heterocycles. The molecule has 0 aliphatic carbocycles. The number of benzene rings is 2. The van der Waals surface area contributed by atoms with E-state index in [1.807, 2.05) is 0 Å². The molecule has 3 rings (SSSR count). The van der Waals surface area contributed by atoms with E-state index >= 15 is 0 Å². The zero-order chi connectivity index (χ0) is 14.8. The highest BCUT2D eigenvalue weighted by atomic mass is 19.2. The standard InChI is InChI=1S/C18H19F2N/c1-2-3-4-12-5-8-17-14(9-12)11-18(21-17)13-6-7-15(19)16(20)10-13/h5-10,18,21H,2-4,11H2,1H3. The summed E-state index contributed by atoms with van der Waals surface area (Å²) in [6.45, 7) is 2.19. The molecule has 2 aromatic rings. The van der Waals surface area contributed by atoms with Crippen LogP contribution in [0.5, 0.6) is 0 Å². The lowest BCUT2D eigenvalue weighted by Crippen LogP contribution is -2.06. The Bertz CT molecular complexity index is 652. The highest BCUT2D eigenvalue weighted by Gasteiger charge is 2.23. The van der Waals surface area contributed by atoms with Crippen LogP contribution in [0.15, 0.2) is 36.4 Å². The van der Waals surface area contributed by atoms with Crippen LogP contribution in [0.2, 0.25) is 0 Å². The van der Waals surface area contributed by atoms with Gasteiger partial charge in [0.2, 0.25) is 0 Å². The van der Waals surface area contributed by atoms with Gasteiger partial charge in [-0.2, -0.15) is 0 Å². The van der Waals surface area contributed by atoms with E-state index in [4.69, 9.17) is 0 Å². The van der Waals surface area contributed by atoms with Gasteiger partial charge in [-0.3, -0.25) is 0 Å². The van der Waals surface area contributed by atoms with Crippen LogP contribution in [0, 0.1) is 11.6 Å². The minimum Gasteiger partial charge on any atom is -0.378 e. The minimum atomic E-state index is -0.795. The van der Waals surface area contributed by atoms with E-state index in [0.29, 0.717) is 0 Å².